The lowest BCUT2D eigenvalue weighted by atomic mass is 10.0. The van der Waals surface area contributed by atoms with Crippen molar-refractivity contribution < 1.29 is 13.9 Å². The van der Waals surface area contributed by atoms with Crippen molar-refractivity contribution in [3.63, 3.8) is 0 Å². The highest BCUT2D eigenvalue weighted by Crippen LogP contribution is 2.43. The number of rotatable bonds is 7. The monoisotopic (exact) mass is 498 g/mol. The second kappa shape index (κ2) is 9.78. The molecule has 1 saturated heterocycles. The minimum atomic E-state index is -0.511. The van der Waals surface area contributed by atoms with Crippen molar-refractivity contribution in [2.24, 2.45) is 17.8 Å². The molecule has 1 aliphatic heterocycles. The summed E-state index contributed by atoms with van der Waals surface area (Å²) < 4.78 is 26.6. The van der Waals surface area contributed by atoms with Gasteiger partial charge in [0.15, 0.2) is 17.3 Å². The van der Waals surface area contributed by atoms with Crippen molar-refractivity contribution in [2.75, 3.05) is 32.1 Å². The van der Waals surface area contributed by atoms with Crippen LogP contribution in [0.25, 0.3) is 10.9 Å². The van der Waals surface area contributed by atoms with Gasteiger partial charge < -0.3 is 19.7 Å². The fourth-order valence-corrected chi connectivity index (χ4v) is 5.70. The maximum absolute atomic E-state index is 14.7. The quantitative estimate of drug-likeness (QED) is 0.417. The molecule has 1 N–H and O–H groups in total. The van der Waals surface area contributed by atoms with E-state index in [4.69, 9.17) is 21.1 Å². The molecule has 2 aromatic carbocycles. The number of methoxy groups -OCH3 is 1. The van der Waals surface area contributed by atoms with Gasteiger partial charge in [-0.05, 0) is 69.1 Å². The SMILES string of the molecule is COc1cc2c(Nc3ccc(C)c(Cl)c3F)ncnc2cc1OC[C@@H]1C[C@@H]2CN(C(C)C)C[C@@H]2C1. The number of benzene rings is 2. The van der Waals surface area contributed by atoms with Crippen molar-refractivity contribution in [3.05, 3.63) is 47.0 Å². The van der Waals surface area contributed by atoms with Crippen molar-refractivity contribution in [1.82, 2.24) is 14.9 Å². The Kier molecular flexibility index (Phi) is 6.73. The molecule has 0 spiro atoms. The number of nitrogens with zero attached hydrogens (tertiary/aromatic N) is 3. The number of likely N-dealkylation sites (tertiary alicyclic amines) is 1. The summed E-state index contributed by atoms with van der Waals surface area (Å²) >= 11 is 6.09. The van der Waals surface area contributed by atoms with Crippen LogP contribution in [0.5, 0.6) is 11.5 Å². The fraction of sp³-hybridized carbons (Fsp3) is 0.481. The van der Waals surface area contributed by atoms with Crippen LogP contribution in [0.2, 0.25) is 5.02 Å². The molecular formula is C27H32ClFN4O2. The van der Waals surface area contributed by atoms with Gasteiger partial charge in [-0.25, -0.2) is 14.4 Å². The number of halogens is 2. The molecule has 1 aromatic heterocycles. The van der Waals surface area contributed by atoms with Crippen LogP contribution in [0.4, 0.5) is 15.9 Å². The Morgan fingerprint density at radius 3 is 2.57 bits per heavy atom. The molecule has 0 radical (unpaired) electrons. The zero-order valence-corrected chi connectivity index (χ0v) is 21.4. The van der Waals surface area contributed by atoms with Gasteiger partial charge in [0.05, 0.1) is 29.9 Å². The third-order valence-corrected chi connectivity index (χ3v) is 7.99. The minimum Gasteiger partial charge on any atom is -0.493 e. The topological polar surface area (TPSA) is 59.5 Å². The maximum Gasteiger partial charge on any atom is 0.165 e. The molecule has 0 bridgehead atoms. The molecule has 2 heterocycles. The van der Waals surface area contributed by atoms with E-state index in [1.54, 1.807) is 26.2 Å². The summed E-state index contributed by atoms with van der Waals surface area (Å²) in [7, 11) is 1.62. The Morgan fingerprint density at radius 2 is 1.89 bits per heavy atom. The highest BCUT2D eigenvalue weighted by Gasteiger charge is 2.41. The second-order valence-electron chi connectivity index (χ2n) is 10.1. The molecule has 1 aliphatic carbocycles. The lowest BCUT2D eigenvalue weighted by Gasteiger charge is -2.22. The summed E-state index contributed by atoms with van der Waals surface area (Å²) in [5.41, 5.74) is 1.62. The molecular weight excluding hydrogens is 467 g/mol. The van der Waals surface area contributed by atoms with E-state index in [2.05, 4.69) is 34.0 Å². The third kappa shape index (κ3) is 4.76. The highest BCUT2D eigenvalue weighted by atomic mass is 35.5. The summed E-state index contributed by atoms with van der Waals surface area (Å²) in [6, 6.07) is 7.75. The van der Waals surface area contributed by atoms with Gasteiger partial charge in [-0.2, -0.15) is 0 Å². The molecule has 186 valence electrons. The smallest absolute Gasteiger partial charge is 0.165 e. The summed E-state index contributed by atoms with van der Waals surface area (Å²) in [4.78, 5) is 11.3. The van der Waals surface area contributed by atoms with Crippen molar-refractivity contribution in [3.8, 4) is 11.5 Å². The number of ether oxygens (including phenoxy) is 2. The lowest BCUT2D eigenvalue weighted by molar-refractivity contribution is 0.209. The zero-order chi connectivity index (χ0) is 24.7. The standard InChI is InChI=1S/C27H32ClFN4O2/c1-15(2)33-11-18-7-17(8-19(18)12-33)13-35-24-10-22-20(9-23(24)34-4)27(31-14-30-22)32-21-6-5-16(3)25(28)26(21)29/h5-6,9-10,14-15,17-19H,7-8,11-13H2,1-4H3,(H,30,31,32)/t17-,18-,19+. The Balaban J connectivity index is 1.32. The summed E-state index contributed by atoms with van der Waals surface area (Å²) in [5, 5.41) is 3.85. The van der Waals surface area contributed by atoms with Crippen LogP contribution in [0.15, 0.2) is 30.6 Å². The third-order valence-electron chi connectivity index (χ3n) is 7.53. The van der Waals surface area contributed by atoms with Crippen LogP contribution in [0.3, 0.4) is 0 Å². The number of fused-ring (bicyclic) bond motifs is 2. The summed E-state index contributed by atoms with van der Waals surface area (Å²) in [5.74, 6) is 3.33. The predicted octanol–water partition coefficient (Wildman–Crippen LogP) is 6.23. The van der Waals surface area contributed by atoms with Gasteiger partial charge in [-0.3, -0.25) is 0 Å². The molecule has 1 saturated carbocycles. The molecule has 5 rings (SSSR count). The Labute approximate surface area is 210 Å². The van der Waals surface area contributed by atoms with Crippen molar-refractivity contribution >= 4 is 34.0 Å². The Morgan fingerprint density at radius 1 is 1.14 bits per heavy atom. The van der Waals surface area contributed by atoms with Crippen LogP contribution in [-0.2, 0) is 0 Å². The Bertz CT molecular complexity index is 1220. The highest BCUT2D eigenvalue weighted by molar-refractivity contribution is 6.31. The molecule has 8 heteroatoms. The van der Waals surface area contributed by atoms with Crippen molar-refractivity contribution in [2.45, 2.75) is 39.7 Å². The minimum absolute atomic E-state index is 0.0922. The average Bonchev–Trinajstić information content (AvgIpc) is 3.42. The van der Waals surface area contributed by atoms with E-state index in [0.717, 1.165) is 11.8 Å². The normalized spacial score (nSPS) is 22.1. The molecule has 3 aromatic rings. The molecule has 0 amide bonds. The van der Waals surface area contributed by atoms with Gasteiger partial charge in [0.2, 0.25) is 0 Å². The fourth-order valence-electron chi connectivity index (χ4n) is 5.53. The van der Waals surface area contributed by atoms with Crippen LogP contribution in [0, 0.1) is 30.5 Å². The number of nitrogens with one attached hydrogen (secondary N) is 1. The van der Waals surface area contributed by atoms with Gasteiger partial charge in [0.25, 0.3) is 0 Å². The maximum atomic E-state index is 14.7. The molecule has 35 heavy (non-hydrogen) atoms. The second-order valence-corrected chi connectivity index (χ2v) is 10.5. The van der Waals surface area contributed by atoms with Crippen LogP contribution in [0.1, 0.15) is 32.3 Å². The molecule has 6 nitrogen and oxygen atoms in total. The Hall–Kier alpha value is -2.64. The van der Waals surface area contributed by atoms with Gasteiger partial charge in [-0.15, -0.1) is 0 Å². The number of anilines is 2. The lowest BCUT2D eigenvalue weighted by Crippen LogP contribution is -2.29. The summed E-state index contributed by atoms with van der Waals surface area (Å²) in [6.07, 6.45) is 3.88. The van der Waals surface area contributed by atoms with Gasteiger partial charge >= 0.3 is 0 Å². The van der Waals surface area contributed by atoms with E-state index < -0.39 is 5.82 Å². The first kappa shape index (κ1) is 24.1. The van der Waals surface area contributed by atoms with E-state index in [1.807, 2.05) is 12.1 Å². The van der Waals surface area contributed by atoms with Gasteiger partial charge in [0, 0.05) is 30.6 Å². The molecule has 2 fully saturated rings. The van der Waals surface area contributed by atoms with Gasteiger partial charge in [0.1, 0.15) is 12.1 Å². The van der Waals surface area contributed by atoms with Gasteiger partial charge in [-0.1, -0.05) is 17.7 Å². The average molecular weight is 499 g/mol. The first-order chi connectivity index (χ1) is 16.8. The van der Waals surface area contributed by atoms with E-state index in [-0.39, 0.29) is 10.7 Å². The van der Waals surface area contributed by atoms with Crippen LogP contribution in [-0.4, -0.2) is 47.7 Å². The van der Waals surface area contributed by atoms with E-state index >= 15 is 0 Å². The number of hydrogen-bond donors (Lipinski definition) is 1. The first-order valence-corrected chi connectivity index (χ1v) is 12.6. The number of aromatic nitrogens is 2. The van der Waals surface area contributed by atoms with Crippen LogP contribution < -0.4 is 14.8 Å². The van der Waals surface area contributed by atoms with Crippen molar-refractivity contribution in [1.29, 1.82) is 0 Å². The molecule has 0 unspecified atom stereocenters. The summed E-state index contributed by atoms with van der Waals surface area (Å²) in [6.45, 7) is 9.41. The largest absolute Gasteiger partial charge is 0.493 e. The van der Waals surface area contributed by atoms with E-state index in [9.17, 15) is 4.39 Å². The van der Waals surface area contributed by atoms with E-state index in [0.29, 0.717) is 52.3 Å². The number of hydrogen-bond acceptors (Lipinski definition) is 6. The van der Waals surface area contributed by atoms with Crippen LogP contribution >= 0.6 is 11.6 Å². The zero-order valence-electron chi connectivity index (χ0n) is 20.6. The number of aryl methyl sites for hydroxylation is 1. The first-order valence-electron chi connectivity index (χ1n) is 12.2. The predicted molar refractivity (Wildman–Crippen MR) is 137 cm³/mol. The van der Waals surface area contributed by atoms with E-state index in [1.165, 1.54) is 32.3 Å². The molecule has 3 atom stereocenters. The molecule has 2 aliphatic rings.